The van der Waals surface area contributed by atoms with Crippen LogP contribution in [0.1, 0.15) is 21.6 Å². The molecule has 1 amide bonds. The fraction of sp³-hybridized carbons (Fsp3) is 0.0952. The van der Waals surface area contributed by atoms with Gasteiger partial charge in [-0.3, -0.25) is 9.78 Å². The van der Waals surface area contributed by atoms with Crippen molar-refractivity contribution in [3.63, 3.8) is 0 Å². The number of para-hydroxylation sites is 2. The third-order valence-corrected chi connectivity index (χ3v) is 4.44. The molecule has 0 aliphatic carbocycles. The fourth-order valence-electron chi connectivity index (χ4n) is 3.16. The Balaban J connectivity index is 1.60. The van der Waals surface area contributed by atoms with Crippen LogP contribution in [0.15, 0.2) is 66.9 Å². The first-order valence-electron chi connectivity index (χ1n) is 8.38. The lowest BCUT2D eigenvalue weighted by Gasteiger charge is -2.17. The minimum Gasteiger partial charge on any atom is -0.354 e. The largest absolute Gasteiger partial charge is 0.354 e. The number of aromatic nitrogens is 1. The summed E-state index contributed by atoms with van der Waals surface area (Å²) in [6, 6.07) is 20.8. The number of carbonyl (C=O) groups is 1. The first-order chi connectivity index (χ1) is 12.8. The molecule has 0 unspecified atom stereocenters. The number of hydrogen-bond donors (Lipinski definition) is 1. The van der Waals surface area contributed by atoms with Crippen molar-refractivity contribution in [1.82, 2.24) is 4.98 Å². The number of nitrogens with one attached hydrogen (secondary N) is 1. The van der Waals surface area contributed by atoms with E-state index < -0.39 is 0 Å². The predicted octanol–water partition coefficient (Wildman–Crippen LogP) is 3.90. The van der Waals surface area contributed by atoms with E-state index in [1.165, 1.54) is 5.56 Å². The number of hydrogen-bond acceptors (Lipinski definition) is 4. The lowest BCUT2D eigenvalue weighted by Crippen LogP contribution is -2.29. The van der Waals surface area contributed by atoms with Crippen LogP contribution in [0, 0.1) is 11.3 Å². The highest BCUT2D eigenvalue weighted by Crippen LogP contribution is 2.29. The molecular formula is C21H16N4O. The van der Waals surface area contributed by atoms with E-state index in [4.69, 9.17) is 0 Å². The maximum absolute atomic E-state index is 12.9. The second-order valence-electron chi connectivity index (χ2n) is 6.05. The van der Waals surface area contributed by atoms with Gasteiger partial charge >= 0.3 is 0 Å². The van der Waals surface area contributed by atoms with Crippen LogP contribution in [-0.4, -0.2) is 17.4 Å². The molecule has 0 saturated carbocycles. The second-order valence-corrected chi connectivity index (χ2v) is 6.05. The summed E-state index contributed by atoms with van der Waals surface area (Å²) in [5.74, 6) is -0.118. The van der Waals surface area contributed by atoms with E-state index in [0.717, 1.165) is 17.8 Å². The van der Waals surface area contributed by atoms with Crippen LogP contribution in [0.25, 0.3) is 0 Å². The zero-order valence-electron chi connectivity index (χ0n) is 14.0. The van der Waals surface area contributed by atoms with E-state index >= 15 is 0 Å². The Labute approximate surface area is 151 Å². The molecule has 2 heterocycles. The molecule has 1 aliphatic rings. The molecule has 1 N–H and O–H groups in total. The maximum atomic E-state index is 12.9. The molecule has 1 aliphatic heterocycles. The normalized spacial score (nSPS) is 12.3. The predicted molar refractivity (Wildman–Crippen MR) is 100 cm³/mol. The Morgan fingerprint density at radius 2 is 1.92 bits per heavy atom. The van der Waals surface area contributed by atoms with Gasteiger partial charge < -0.3 is 10.2 Å². The fourth-order valence-corrected chi connectivity index (χ4v) is 3.16. The van der Waals surface area contributed by atoms with Crippen LogP contribution in [-0.2, 0) is 6.42 Å². The number of amides is 1. The average molecular weight is 340 g/mol. The third-order valence-electron chi connectivity index (χ3n) is 4.44. The van der Waals surface area contributed by atoms with E-state index in [2.05, 4.69) is 16.4 Å². The molecule has 0 bridgehead atoms. The third kappa shape index (κ3) is 2.89. The molecule has 0 saturated heterocycles. The number of anilines is 3. The van der Waals surface area contributed by atoms with Crippen LogP contribution >= 0.6 is 0 Å². The number of benzene rings is 2. The number of nitrogens with zero attached hydrogens (tertiary/aromatic N) is 3. The number of carbonyl (C=O) groups excluding carboxylic acids is 1. The smallest absolute Gasteiger partial charge is 0.276 e. The number of nitriles is 1. The van der Waals surface area contributed by atoms with Crippen molar-refractivity contribution >= 4 is 23.0 Å². The van der Waals surface area contributed by atoms with Gasteiger partial charge in [-0.1, -0.05) is 30.3 Å². The summed E-state index contributed by atoms with van der Waals surface area (Å²) in [4.78, 5) is 18.9. The maximum Gasteiger partial charge on any atom is 0.276 e. The average Bonchev–Trinajstić information content (AvgIpc) is 3.12. The summed E-state index contributed by atoms with van der Waals surface area (Å²) in [5.41, 5.74) is 4.47. The van der Waals surface area contributed by atoms with Gasteiger partial charge in [-0.05, 0) is 42.3 Å². The highest BCUT2D eigenvalue weighted by Gasteiger charge is 2.26. The summed E-state index contributed by atoms with van der Waals surface area (Å²) in [6.45, 7) is 0.661. The zero-order chi connectivity index (χ0) is 17.9. The first-order valence-corrected chi connectivity index (χ1v) is 8.38. The summed E-state index contributed by atoms with van der Waals surface area (Å²) in [7, 11) is 0. The minimum atomic E-state index is -0.118. The van der Waals surface area contributed by atoms with Crippen LogP contribution < -0.4 is 10.2 Å². The van der Waals surface area contributed by atoms with Gasteiger partial charge in [-0.25, -0.2) is 0 Å². The molecular weight excluding hydrogens is 324 g/mol. The number of fused-ring (bicyclic) bond motifs is 1. The Hall–Kier alpha value is -3.65. The van der Waals surface area contributed by atoms with Crippen molar-refractivity contribution in [3.05, 3.63) is 83.7 Å². The molecule has 26 heavy (non-hydrogen) atoms. The molecule has 0 radical (unpaired) electrons. The van der Waals surface area contributed by atoms with E-state index in [1.54, 1.807) is 29.3 Å². The van der Waals surface area contributed by atoms with Gasteiger partial charge in [0, 0.05) is 24.1 Å². The Morgan fingerprint density at radius 3 is 2.81 bits per heavy atom. The molecule has 4 rings (SSSR count). The Bertz CT molecular complexity index is 1020. The summed E-state index contributed by atoms with van der Waals surface area (Å²) >= 11 is 0. The molecule has 1 aromatic heterocycles. The molecule has 126 valence electrons. The van der Waals surface area contributed by atoms with E-state index in [1.807, 2.05) is 42.5 Å². The molecule has 2 aromatic carbocycles. The molecule has 0 fully saturated rings. The SMILES string of the molecule is N#Cc1ccccc1Nc1ccnc(C(=O)N2CCc3ccccc32)c1. The monoisotopic (exact) mass is 340 g/mol. The summed E-state index contributed by atoms with van der Waals surface area (Å²) < 4.78 is 0. The minimum absolute atomic E-state index is 0.118. The number of rotatable bonds is 3. The molecule has 5 nitrogen and oxygen atoms in total. The lowest BCUT2D eigenvalue weighted by molar-refractivity contribution is 0.0984. The topological polar surface area (TPSA) is 69.0 Å². The quantitative estimate of drug-likeness (QED) is 0.785. The van der Waals surface area contributed by atoms with Crippen molar-refractivity contribution in [1.29, 1.82) is 5.26 Å². The van der Waals surface area contributed by atoms with Gasteiger partial charge in [0.2, 0.25) is 0 Å². The van der Waals surface area contributed by atoms with Gasteiger partial charge in [-0.15, -0.1) is 0 Å². The highest BCUT2D eigenvalue weighted by molar-refractivity contribution is 6.06. The van der Waals surface area contributed by atoms with Crippen molar-refractivity contribution in [2.45, 2.75) is 6.42 Å². The highest BCUT2D eigenvalue weighted by atomic mass is 16.2. The van der Waals surface area contributed by atoms with E-state index in [0.29, 0.717) is 23.5 Å². The van der Waals surface area contributed by atoms with Gasteiger partial charge in [0.25, 0.3) is 5.91 Å². The zero-order valence-corrected chi connectivity index (χ0v) is 14.0. The van der Waals surface area contributed by atoms with Crippen LogP contribution in [0.4, 0.5) is 17.1 Å². The standard InChI is InChI=1S/C21H16N4O/c22-14-16-6-1-3-7-18(16)24-17-9-11-23-19(13-17)21(26)25-12-10-15-5-2-4-8-20(15)25/h1-9,11,13H,10,12H2,(H,23,24). The molecule has 3 aromatic rings. The van der Waals surface area contributed by atoms with Crippen molar-refractivity contribution in [3.8, 4) is 6.07 Å². The lowest BCUT2D eigenvalue weighted by atomic mass is 10.2. The van der Waals surface area contributed by atoms with E-state index in [-0.39, 0.29) is 5.91 Å². The second kappa shape index (κ2) is 6.69. The van der Waals surface area contributed by atoms with Crippen LogP contribution in [0.5, 0.6) is 0 Å². The van der Waals surface area contributed by atoms with Gasteiger partial charge in [-0.2, -0.15) is 5.26 Å². The van der Waals surface area contributed by atoms with E-state index in [9.17, 15) is 10.1 Å². The van der Waals surface area contributed by atoms with Gasteiger partial charge in [0.05, 0.1) is 11.3 Å². The summed E-state index contributed by atoms with van der Waals surface area (Å²) in [6.07, 6.45) is 2.46. The van der Waals surface area contributed by atoms with Crippen LogP contribution in [0.3, 0.4) is 0 Å². The molecule has 5 heteroatoms. The molecule has 0 spiro atoms. The van der Waals surface area contributed by atoms with Crippen LogP contribution in [0.2, 0.25) is 0 Å². The van der Waals surface area contributed by atoms with Crippen molar-refractivity contribution in [2.75, 3.05) is 16.8 Å². The summed E-state index contributed by atoms with van der Waals surface area (Å²) in [5, 5.41) is 12.4. The Morgan fingerprint density at radius 1 is 1.12 bits per heavy atom. The van der Waals surface area contributed by atoms with Crippen molar-refractivity contribution < 1.29 is 4.79 Å². The van der Waals surface area contributed by atoms with Gasteiger partial charge in [0.15, 0.2) is 0 Å². The van der Waals surface area contributed by atoms with Crippen molar-refractivity contribution in [2.24, 2.45) is 0 Å². The molecule has 0 atom stereocenters. The van der Waals surface area contributed by atoms with Gasteiger partial charge in [0.1, 0.15) is 11.8 Å². The first kappa shape index (κ1) is 15.9. The number of pyridine rings is 1. The Kier molecular flexibility index (Phi) is 4.08.